The fraction of sp³-hybridized carbons (Fsp3) is 0.438. The van der Waals surface area contributed by atoms with Gasteiger partial charge >= 0.3 is 6.01 Å². The molecule has 2 aromatic carbocycles. The highest BCUT2D eigenvalue weighted by Crippen LogP contribution is 2.53. The normalized spacial score (nSPS) is 23.6. The molecule has 0 N–H and O–H groups in total. The zero-order valence-electron chi connectivity index (χ0n) is 25.5. The molecule has 10 nitrogen and oxygen atoms in total. The van der Waals surface area contributed by atoms with Crippen LogP contribution in [-0.2, 0) is 15.8 Å². The third-order valence-electron chi connectivity index (χ3n) is 9.16. The first kappa shape index (κ1) is 31.3. The van der Waals surface area contributed by atoms with Crippen LogP contribution in [0.5, 0.6) is 6.01 Å². The number of fused-ring (bicyclic) bond motifs is 2. The molecule has 0 aliphatic carbocycles. The van der Waals surface area contributed by atoms with Crippen molar-refractivity contribution in [3.63, 3.8) is 0 Å². The van der Waals surface area contributed by atoms with Crippen molar-refractivity contribution in [2.45, 2.75) is 37.8 Å². The van der Waals surface area contributed by atoms with Crippen LogP contribution in [0.25, 0.3) is 10.8 Å². The van der Waals surface area contributed by atoms with Crippen LogP contribution in [0.15, 0.2) is 48.8 Å². The summed E-state index contributed by atoms with van der Waals surface area (Å²) < 4.78 is 37.0. The number of halogens is 2. The van der Waals surface area contributed by atoms with Gasteiger partial charge in [0.15, 0.2) is 5.83 Å². The van der Waals surface area contributed by atoms with Gasteiger partial charge in [0.05, 0.1) is 29.2 Å². The Morgan fingerprint density at radius 1 is 1.18 bits per heavy atom. The molecular formula is C32H36ClFN7O3P. The first-order valence-electron chi connectivity index (χ1n) is 15.1. The second-order valence-corrected chi connectivity index (χ2v) is 15.0. The zero-order chi connectivity index (χ0) is 31.9. The van der Waals surface area contributed by atoms with E-state index >= 15 is 0 Å². The van der Waals surface area contributed by atoms with E-state index in [9.17, 15) is 19.0 Å². The summed E-state index contributed by atoms with van der Waals surface area (Å²) in [5.74, 6) is -1.30. The molecule has 3 atom stereocenters. The van der Waals surface area contributed by atoms with Crippen LogP contribution in [0.3, 0.4) is 0 Å². The standard InChI is InChI=1S/C32H36ClFN7O3P/c1-21(34)31(42)40-18-17-39(19-23(40)12-14-35)29-25-13-16-41(27-11-5-8-22-7-4-10-26(33)28(22)27)45(3,43)30(25)37-32(36-29)44-20-24-9-6-15-38(24)2/h4-5,7-8,10-11,23-24H,1,6,9,12-13,15-20H2,2-3H3/t23-,24-,45?/m0/s1. The fourth-order valence-corrected chi connectivity index (χ4v) is 9.34. The number of carbonyl (C=O) groups excluding carboxylic acids is 1. The number of nitrogens with zero attached hydrogens (tertiary/aromatic N) is 7. The Kier molecular flexibility index (Phi) is 8.75. The van der Waals surface area contributed by atoms with Crippen molar-refractivity contribution in [3.8, 4) is 12.1 Å². The molecule has 3 aromatic rings. The predicted octanol–water partition coefficient (Wildman–Crippen LogP) is 4.77. The SMILES string of the molecule is C=C(F)C(=O)N1CCN(c2nc(OC[C@@H]3CCCN3C)nc3c2CCN(c2cccc4cccc(Cl)c24)P3(C)=O)C[C@@H]1CC#N. The molecule has 0 bridgehead atoms. The van der Waals surface area contributed by atoms with Gasteiger partial charge in [-0.1, -0.05) is 42.4 Å². The fourth-order valence-electron chi connectivity index (χ4n) is 6.79. The number of hydrogen-bond donors (Lipinski definition) is 0. The Morgan fingerprint density at radius 2 is 1.96 bits per heavy atom. The number of nitriles is 1. The predicted molar refractivity (Wildman–Crippen MR) is 175 cm³/mol. The minimum absolute atomic E-state index is 0.0159. The summed E-state index contributed by atoms with van der Waals surface area (Å²) in [7, 11) is -1.27. The summed E-state index contributed by atoms with van der Waals surface area (Å²) >= 11 is 6.68. The second kappa shape index (κ2) is 12.6. The van der Waals surface area contributed by atoms with Crippen LogP contribution in [0.4, 0.5) is 15.9 Å². The van der Waals surface area contributed by atoms with Crippen LogP contribution in [0.1, 0.15) is 24.8 Å². The summed E-state index contributed by atoms with van der Waals surface area (Å²) in [4.78, 5) is 27.8. The molecule has 2 saturated heterocycles. The lowest BCUT2D eigenvalue weighted by Crippen LogP contribution is -2.56. The number of hydrogen-bond acceptors (Lipinski definition) is 8. The van der Waals surface area contributed by atoms with Gasteiger partial charge in [-0.05, 0) is 50.4 Å². The van der Waals surface area contributed by atoms with Crippen molar-refractivity contribution >= 4 is 52.5 Å². The van der Waals surface area contributed by atoms with E-state index in [0.717, 1.165) is 41.4 Å². The highest BCUT2D eigenvalue weighted by molar-refractivity contribution is 7.72. The molecule has 6 rings (SSSR count). The summed E-state index contributed by atoms with van der Waals surface area (Å²) in [6, 6.07) is 13.5. The molecule has 45 heavy (non-hydrogen) atoms. The van der Waals surface area contributed by atoms with Gasteiger partial charge in [0.2, 0.25) is 7.29 Å². The maximum Gasteiger partial charge on any atom is 0.319 e. The van der Waals surface area contributed by atoms with Gasteiger partial charge in [0.1, 0.15) is 17.9 Å². The molecule has 4 heterocycles. The van der Waals surface area contributed by atoms with E-state index in [2.05, 4.69) is 24.6 Å². The largest absolute Gasteiger partial charge is 0.462 e. The van der Waals surface area contributed by atoms with Crippen LogP contribution >= 0.6 is 18.9 Å². The van der Waals surface area contributed by atoms with Crippen LogP contribution in [0.2, 0.25) is 5.02 Å². The van der Waals surface area contributed by atoms with Crippen molar-refractivity contribution in [1.29, 1.82) is 5.26 Å². The van der Waals surface area contributed by atoms with Gasteiger partial charge in [-0.25, -0.2) is 4.39 Å². The number of piperazine rings is 1. The molecule has 236 valence electrons. The minimum Gasteiger partial charge on any atom is -0.462 e. The average Bonchev–Trinajstić information content (AvgIpc) is 3.44. The summed E-state index contributed by atoms with van der Waals surface area (Å²) in [6.07, 6.45) is 2.60. The van der Waals surface area contributed by atoms with Gasteiger partial charge in [-0.2, -0.15) is 15.2 Å². The second-order valence-electron chi connectivity index (χ2n) is 12.0. The van der Waals surface area contributed by atoms with E-state index in [1.807, 2.05) is 46.0 Å². The number of ether oxygens (including phenoxy) is 1. The van der Waals surface area contributed by atoms with Crippen molar-refractivity contribution < 1.29 is 18.5 Å². The number of rotatable bonds is 7. The smallest absolute Gasteiger partial charge is 0.319 e. The van der Waals surface area contributed by atoms with Crippen LogP contribution in [0, 0.1) is 11.3 Å². The van der Waals surface area contributed by atoms with Gasteiger partial charge in [0.25, 0.3) is 5.91 Å². The van der Waals surface area contributed by atoms with Crippen molar-refractivity contribution in [1.82, 2.24) is 19.8 Å². The Labute approximate surface area is 267 Å². The van der Waals surface area contributed by atoms with E-state index in [4.69, 9.17) is 26.3 Å². The van der Waals surface area contributed by atoms with Crippen molar-refractivity contribution in [2.24, 2.45) is 0 Å². The molecule has 1 unspecified atom stereocenters. The zero-order valence-corrected chi connectivity index (χ0v) is 27.1. The molecule has 1 aromatic heterocycles. The van der Waals surface area contributed by atoms with E-state index in [-0.39, 0.29) is 31.6 Å². The van der Waals surface area contributed by atoms with E-state index < -0.39 is 25.1 Å². The molecular weight excluding hydrogens is 616 g/mol. The first-order chi connectivity index (χ1) is 21.6. The number of likely N-dealkylation sites (tertiary alicyclic amines) is 1. The molecule has 0 saturated carbocycles. The highest BCUT2D eigenvalue weighted by Gasteiger charge is 2.41. The van der Waals surface area contributed by atoms with E-state index in [1.54, 1.807) is 6.66 Å². The molecule has 13 heteroatoms. The molecule has 3 aliphatic rings. The minimum atomic E-state index is -3.34. The molecule has 3 aliphatic heterocycles. The number of carbonyl (C=O) groups is 1. The summed E-state index contributed by atoms with van der Waals surface area (Å²) in [5, 5.41) is 11.9. The number of amides is 1. The first-order valence-corrected chi connectivity index (χ1v) is 17.6. The lowest BCUT2D eigenvalue weighted by Gasteiger charge is -2.43. The molecule has 0 radical (unpaired) electrons. The van der Waals surface area contributed by atoms with Gasteiger partial charge in [-0.15, -0.1) is 0 Å². The Bertz CT molecular complexity index is 1740. The quantitative estimate of drug-likeness (QED) is 0.264. The molecule has 0 spiro atoms. The average molecular weight is 652 g/mol. The highest BCUT2D eigenvalue weighted by atomic mass is 35.5. The van der Waals surface area contributed by atoms with Gasteiger partial charge in [-0.3, -0.25) is 9.36 Å². The number of likely N-dealkylation sites (N-methyl/N-ethyl adjacent to an activating group) is 1. The number of benzene rings is 2. The molecule has 1 amide bonds. The topological polar surface area (TPSA) is 106 Å². The Morgan fingerprint density at radius 3 is 2.67 bits per heavy atom. The van der Waals surface area contributed by atoms with Gasteiger partial charge < -0.3 is 24.1 Å². The monoisotopic (exact) mass is 651 g/mol. The van der Waals surface area contributed by atoms with Crippen LogP contribution < -0.4 is 19.7 Å². The van der Waals surface area contributed by atoms with Crippen molar-refractivity contribution in [2.75, 3.05) is 62.6 Å². The number of aromatic nitrogens is 2. The number of anilines is 2. The maximum atomic E-state index is 15.0. The van der Waals surface area contributed by atoms with E-state index in [0.29, 0.717) is 42.4 Å². The van der Waals surface area contributed by atoms with Gasteiger partial charge in [0, 0.05) is 49.8 Å². The molecule has 2 fully saturated rings. The third-order valence-corrected chi connectivity index (χ3v) is 12.0. The maximum absolute atomic E-state index is 15.0. The lowest BCUT2D eigenvalue weighted by atomic mass is 10.1. The van der Waals surface area contributed by atoms with E-state index in [1.165, 1.54) is 4.90 Å². The van der Waals surface area contributed by atoms with Crippen LogP contribution in [-0.4, -0.2) is 90.8 Å². The summed E-state index contributed by atoms with van der Waals surface area (Å²) in [6.45, 7) is 7.47. The Balaban J connectivity index is 1.41. The lowest BCUT2D eigenvalue weighted by molar-refractivity contribution is -0.131. The summed E-state index contributed by atoms with van der Waals surface area (Å²) in [5.41, 5.74) is 1.95. The third kappa shape index (κ3) is 5.87. The Hall–Kier alpha value is -3.71. The van der Waals surface area contributed by atoms with Crippen molar-refractivity contribution in [3.05, 3.63) is 59.4 Å².